The Morgan fingerprint density at radius 2 is 1.26 bits per heavy atom. The summed E-state index contributed by atoms with van der Waals surface area (Å²) in [6.45, 7) is 0. The van der Waals surface area contributed by atoms with E-state index in [-0.39, 0.29) is 0 Å². The Hall–Kier alpha value is -7.30. The van der Waals surface area contributed by atoms with Gasteiger partial charge in [0.25, 0.3) is 0 Å². The van der Waals surface area contributed by atoms with Gasteiger partial charge in [-0.05, 0) is 113 Å². The summed E-state index contributed by atoms with van der Waals surface area (Å²) >= 11 is 0. The lowest BCUT2D eigenvalue weighted by Crippen LogP contribution is -2.16. The van der Waals surface area contributed by atoms with E-state index < -0.39 is 0 Å². The van der Waals surface area contributed by atoms with Gasteiger partial charge in [0, 0.05) is 56.7 Å². The highest BCUT2D eigenvalue weighted by Crippen LogP contribution is 2.40. The third-order valence-corrected chi connectivity index (χ3v) is 11.4. The fraction of sp³-hybridized carbons (Fsp3) is 0.0566. The molecular formula is C53H37N3O. The second-order valence-corrected chi connectivity index (χ2v) is 14.9. The first kappa shape index (κ1) is 33.1. The van der Waals surface area contributed by atoms with Crippen molar-refractivity contribution in [3.05, 3.63) is 211 Å². The summed E-state index contributed by atoms with van der Waals surface area (Å²) in [6, 6.07) is 55.9. The summed E-state index contributed by atoms with van der Waals surface area (Å²) in [7, 11) is 0. The summed E-state index contributed by atoms with van der Waals surface area (Å²) in [5.41, 5.74) is 12.9. The fourth-order valence-electron chi connectivity index (χ4n) is 8.49. The maximum atomic E-state index is 6.34. The molecule has 57 heavy (non-hydrogen) atoms. The van der Waals surface area contributed by atoms with E-state index in [1.54, 1.807) is 0 Å². The van der Waals surface area contributed by atoms with Crippen molar-refractivity contribution < 1.29 is 4.42 Å². The summed E-state index contributed by atoms with van der Waals surface area (Å²) in [6.07, 6.45) is 15.2. The highest BCUT2D eigenvalue weighted by Gasteiger charge is 2.21. The smallest absolute Gasteiger partial charge is 0.160 e. The Morgan fingerprint density at radius 3 is 2.07 bits per heavy atom. The van der Waals surface area contributed by atoms with Crippen LogP contribution in [0, 0.1) is 0 Å². The van der Waals surface area contributed by atoms with Crippen LogP contribution in [0.5, 0.6) is 0 Å². The number of furan rings is 1. The van der Waals surface area contributed by atoms with Gasteiger partial charge in [-0.2, -0.15) is 0 Å². The Kier molecular flexibility index (Phi) is 7.99. The van der Waals surface area contributed by atoms with Crippen molar-refractivity contribution in [1.82, 2.24) is 9.97 Å². The van der Waals surface area contributed by atoms with Gasteiger partial charge in [0.1, 0.15) is 11.2 Å². The van der Waals surface area contributed by atoms with Crippen molar-refractivity contribution in [2.45, 2.75) is 18.8 Å². The first-order chi connectivity index (χ1) is 28.2. The number of fused-ring (bicyclic) bond motifs is 5. The first-order valence-electron chi connectivity index (χ1n) is 19.6. The number of para-hydroxylation sites is 1. The predicted octanol–water partition coefficient (Wildman–Crippen LogP) is 14.1. The number of allylic oxidation sites excluding steroid dienone is 7. The third-order valence-electron chi connectivity index (χ3n) is 11.4. The summed E-state index contributed by atoms with van der Waals surface area (Å²) in [5, 5.41) is 5.55. The van der Waals surface area contributed by atoms with Crippen LogP contribution in [0.25, 0.3) is 71.8 Å². The van der Waals surface area contributed by atoms with Crippen LogP contribution >= 0.6 is 0 Å². The molecule has 2 aliphatic rings. The number of anilines is 2. The molecule has 0 saturated carbocycles. The van der Waals surface area contributed by atoms with E-state index in [1.165, 1.54) is 33.2 Å². The van der Waals surface area contributed by atoms with E-state index in [0.717, 1.165) is 73.9 Å². The van der Waals surface area contributed by atoms with E-state index in [2.05, 4.69) is 193 Å². The quantitative estimate of drug-likeness (QED) is 0.164. The molecule has 2 heterocycles. The number of benzene rings is 7. The molecule has 0 spiro atoms. The topological polar surface area (TPSA) is 42.2 Å². The van der Waals surface area contributed by atoms with Gasteiger partial charge < -0.3 is 9.32 Å². The average Bonchev–Trinajstić information content (AvgIpc) is 3.91. The van der Waals surface area contributed by atoms with Crippen LogP contribution in [-0.2, 0) is 0 Å². The molecule has 0 bridgehead atoms. The van der Waals surface area contributed by atoms with Gasteiger partial charge >= 0.3 is 0 Å². The number of aromatic nitrogens is 2. The van der Waals surface area contributed by atoms with Crippen LogP contribution in [0.2, 0.25) is 0 Å². The SMILES string of the molecule is C1=CCC(c2ccc(N(C3=CC=C(c4ccccc4)C3)c3ccc(-c4nc(-c5ccc6oc7cc8ccccc8cc7c6c5)c5ccccc5n4)cc3)cc2)C=C1. The molecule has 0 saturated heterocycles. The van der Waals surface area contributed by atoms with Crippen LogP contribution < -0.4 is 4.90 Å². The van der Waals surface area contributed by atoms with E-state index >= 15 is 0 Å². The molecule has 0 amide bonds. The van der Waals surface area contributed by atoms with E-state index in [4.69, 9.17) is 14.4 Å². The number of nitrogens with zero attached hydrogens (tertiary/aromatic N) is 3. The monoisotopic (exact) mass is 731 g/mol. The average molecular weight is 732 g/mol. The van der Waals surface area contributed by atoms with Gasteiger partial charge in [-0.25, -0.2) is 9.97 Å². The minimum atomic E-state index is 0.405. The second-order valence-electron chi connectivity index (χ2n) is 14.9. The van der Waals surface area contributed by atoms with Crippen molar-refractivity contribution in [1.29, 1.82) is 0 Å². The minimum absolute atomic E-state index is 0.405. The largest absolute Gasteiger partial charge is 0.456 e. The van der Waals surface area contributed by atoms with Gasteiger partial charge in [0.05, 0.1) is 11.2 Å². The third kappa shape index (κ3) is 6.03. The molecule has 0 N–H and O–H groups in total. The van der Waals surface area contributed by atoms with Crippen LogP contribution in [0.15, 0.2) is 204 Å². The highest BCUT2D eigenvalue weighted by molar-refractivity contribution is 6.11. The first-order valence-corrected chi connectivity index (χ1v) is 19.6. The molecular weight excluding hydrogens is 695 g/mol. The molecule has 0 aliphatic heterocycles. The molecule has 4 nitrogen and oxygen atoms in total. The second kappa shape index (κ2) is 13.8. The van der Waals surface area contributed by atoms with E-state index in [9.17, 15) is 0 Å². The zero-order chi connectivity index (χ0) is 37.7. The fourth-order valence-corrected chi connectivity index (χ4v) is 8.49. The lowest BCUT2D eigenvalue weighted by atomic mass is 9.92. The van der Waals surface area contributed by atoms with Gasteiger partial charge in [-0.1, -0.05) is 115 Å². The molecule has 9 aromatic rings. The van der Waals surface area contributed by atoms with Crippen molar-refractivity contribution in [2.24, 2.45) is 0 Å². The standard InChI is InChI=1S/C53H37N3O/c1-3-11-35(12-4-1)37-19-25-43(26-20-37)56(45-29-23-41(31-45)36-13-5-2-6-14-36)44-27-21-38(22-28-44)53-54-49-18-10-9-17-46(49)52(55-53)42-24-30-50-47(33-42)48-32-39-15-7-8-16-40(39)34-51(48)57-50/h1-11,13-30,32-35H,12,31H2. The molecule has 1 atom stereocenters. The van der Waals surface area contributed by atoms with Crippen LogP contribution in [0.4, 0.5) is 11.4 Å². The van der Waals surface area contributed by atoms with Gasteiger partial charge in [0.2, 0.25) is 0 Å². The van der Waals surface area contributed by atoms with Crippen molar-refractivity contribution in [2.75, 3.05) is 4.90 Å². The molecule has 0 radical (unpaired) electrons. The lowest BCUT2D eigenvalue weighted by Gasteiger charge is -2.28. The normalized spacial score (nSPS) is 15.1. The van der Waals surface area contributed by atoms with Crippen molar-refractivity contribution in [3.63, 3.8) is 0 Å². The van der Waals surface area contributed by atoms with Crippen LogP contribution in [0.3, 0.4) is 0 Å². The van der Waals surface area contributed by atoms with Crippen molar-refractivity contribution in [3.8, 4) is 22.6 Å². The summed E-state index contributed by atoms with van der Waals surface area (Å²) in [4.78, 5) is 12.8. The predicted molar refractivity (Wildman–Crippen MR) is 237 cm³/mol. The Bertz CT molecular complexity index is 3110. The maximum absolute atomic E-state index is 6.34. The molecule has 11 rings (SSSR count). The van der Waals surface area contributed by atoms with Crippen molar-refractivity contribution >= 4 is 60.6 Å². The summed E-state index contributed by atoms with van der Waals surface area (Å²) in [5.74, 6) is 1.10. The van der Waals surface area contributed by atoms with Gasteiger partial charge in [-0.15, -0.1) is 0 Å². The molecule has 0 fully saturated rings. The maximum Gasteiger partial charge on any atom is 0.160 e. The minimum Gasteiger partial charge on any atom is -0.456 e. The molecule has 4 heteroatoms. The van der Waals surface area contributed by atoms with Crippen LogP contribution in [-0.4, -0.2) is 9.97 Å². The van der Waals surface area contributed by atoms with E-state index in [1.807, 2.05) is 6.07 Å². The molecule has 1 unspecified atom stereocenters. The molecule has 270 valence electrons. The van der Waals surface area contributed by atoms with E-state index in [0.29, 0.717) is 11.7 Å². The number of hydrogen-bond donors (Lipinski definition) is 0. The Morgan fingerprint density at radius 1 is 0.544 bits per heavy atom. The highest BCUT2D eigenvalue weighted by atomic mass is 16.3. The molecule has 2 aliphatic carbocycles. The zero-order valence-electron chi connectivity index (χ0n) is 31.2. The zero-order valence-corrected chi connectivity index (χ0v) is 31.2. The number of hydrogen-bond acceptors (Lipinski definition) is 4. The lowest BCUT2D eigenvalue weighted by molar-refractivity contribution is 0.669. The summed E-state index contributed by atoms with van der Waals surface area (Å²) < 4.78 is 6.34. The molecule has 2 aromatic heterocycles. The van der Waals surface area contributed by atoms with Gasteiger partial charge in [-0.3, -0.25) is 0 Å². The Balaban J connectivity index is 0.968. The molecule has 7 aromatic carbocycles. The van der Waals surface area contributed by atoms with Gasteiger partial charge in [0.15, 0.2) is 5.82 Å². The number of rotatable bonds is 7. The van der Waals surface area contributed by atoms with Crippen LogP contribution in [0.1, 0.15) is 29.9 Å². The Labute approximate surface area is 331 Å².